The van der Waals surface area contributed by atoms with Crippen LogP contribution in [0.25, 0.3) is 0 Å². The van der Waals surface area contributed by atoms with Crippen LogP contribution in [0.4, 0.5) is 0 Å². The fraction of sp³-hybridized carbons (Fsp3) is 0.619. The maximum Gasteiger partial charge on any atom is 0.310 e. The standard InChI is InChI=1S/C21H31NO6/c1-5-25-17-12-16(13-18(26-6-2)19(17)27-7-3)20(23)22-11-9-10-15(14-22)21(24)28-8-4/h12-13,15H,5-11,14H2,1-4H3/t15-/m1/s1. The van der Waals surface area contributed by atoms with E-state index in [4.69, 9.17) is 18.9 Å². The summed E-state index contributed by atoms with van der Waals surface area (Å²) in [6, 6.07) is 3.38. The second-order valence-corrected chi connectivity index (χ2v) is 6.44. The topological polar surface area (TPSA) is 74.3 Å². The summed E-state index contributed by atoms with van der Waals surface area (Å²) in [5.41, 5.74) is 0.458. The van der Waals surface area contributed by atoms with Crippen LogP contribution in [-0.4, -0.2) is 56.3 Å². The minimum Gasteiger partial charge on any atom is -0.490 e. The molecule has 1 heterocycles. The Kier molecular flexibility index (Phi) is 8.42. The molecule has 1 aromatic rings. The van der Waals surface area contributed by atoms with Gasteiger partial charge in [-0.1, -0.05) is 0 Å². The molecule has 0 bridgehead atoms. The molecule has 1 amide bonds. The number of likely N-dealkylation sites (tertiary alicyclic amines) is 1. The van der Waals surface area contributed by atoms with Gasteiger partial charge in [-0.05, 0) is 52.7 Å². The van der Waals surface area contributed by atoms with Gasteiger partial charge in [-0.15, -0.1) is 0 Å². The van der Waals surface area contributed by atoms with Crippen LogP contribution in [0.15, 0.2) is 12.1 Å². The zero-order valence-electron chi connectivity index (χ0n) is 17.3. The van der Waals surface area contributed by atoms with Gasteiger partial charge >= 0.3 is 5.97 Å². The van der Waals surface area contributed by atoms with Crippen LogP contribution in [0, 0.1) is 5.92 Å². The molecule has 156 valence electrons. The van der Waals surface area contributed by atoms with Crippen molar-refractivity contribution in [2.45, 2.75) is 40.5 Å². The molecule has 1 atom stereocenters. The molecule has 0 unspecified atom stereocenters. The number of esters is 1. The highest BCUT2D eigenvalue weighted by molar-refractivity contribution is 5.96. The van der Waals surface area contributed by atoms with E-state index in [1.54, 1.807) is 24.0 Å². The van der Waals surface area contributed by atoms with Gasteiger partial charge < -0.3 is 23.8 Å². The molecule has 1 fully saturated rings. The van der Waals surface area contributed by atoms with E-state index in [0.717, 1.165) is 12.8 Å². The van der Waals surface area contributed by atoms with Gasteiger partial charge in [-0.3, -0.25) is 9.59 Å². The summed E-state index contributed by atoms with van der Waals surface area (Å²) in [7, 11) is 0. The van der Waals surface area contributed by atoms with Crippen LogP contribution in [0.3, 0.4) is 0 Å². The fourth-order valence-corrected chi connectivity index (χ4v) is 3.31. The van der Waals surface area contributed by atoms with E-state index >= 15 is 0 Å². The van der Waals surface area contributed by atoms with Crippen LogP contribution in [0.2, 0.25) is 0 Å². The molecule has 0 spiro atoms. The summed E-state index contributed by atoms with van der Waals surface area (Å²) in [4.78, 5) is 26.9. The fourth-order valence-electron chi connectivity index (χ4n) is 3.31. The molecule has 7 nitrogen and oxygen atoms in total. The van der Waals surface area contributed by atoms with Crippen molar-refractivity contribution in [3.05, 3.63) is 17.7 Å². The number of carbonyl (C=O) groups excluding carboxylic acids is 2. The molecule has 1 aliphatic rings. The number of carbonyl (C=O) groups is 2. The van der Waals surface area contributed by atoms with Gasteiger partial charge in [0.15, 0.2) is 11.5 Å². The zero-order valence-corrected chi connectivity index (χ0v) is 17.3. The normalized spacial score (nSPS) is 16.4. The number of ether oxygens (including phenoxy) is 4. The van der Waals surface area contributed by atoms with Crippen molar-refractivity contribution >= 4 is 11.9 Å². The van der Waals surface area contributed by atoms with Crippen LogP contribution in [0.1, 0.15) is 50.9 Å². The summed E-state index contributed by atoms with van der Waals surface area (Å²) in [6.07, 6.45) is 1.50. The predicted octanol–water partition coefficient (Wildman–Crippen LogP) is 3.30. The summed E-state index contributed by atoms with van der Waals surface area (Å²) in [5, 5.41) is 0. The number of piperidine rings is 1. The smallest absolute Gasteiger partial charge is 0.310 e. The second-order valence-electron chi connectivity index (χ2n) is 6.44. The highest BCUT2D eigenvalue weighted by Crippen LogP contribution is 2.39. The van der Waals surface area contributed by atoms with Crippen molar-refractivity contribution in [3.63, 3.8) is 0 Å². The highest BCUT2D eigenvalue weighted by atomic mass is 16.5. The molecule has 1 aliphatic heterocycles. The quantitative estimate of drug-likeness (QED) is 0.600. The van der Waals surface area contributed by atoms with E-state index in [1.807, 2.05) is 20.8 Å². The number of benzene rings is 1. The number of rotatable bonds is 9. The van der Waals surface area contributed by atoms with Gasteiger partial charge in [-0.25, -0.2) is 0 Å². The van der Waals surface area contributed by atoms with Gasteiger partial charge in [0.2, 0.25) is 5.75 Å². The van der Waals surface area contributed by atoms with Crippen molar-refractivity contribution in [2.24, 2.45) is 5.92 Å². The van der Waals surface area contributed by atoms with E-state index in [9.17, 15) is 9.59 Å². The number of amides is 1. The molecular weight excluding hydrogens is 362 g/mol. The van der Waals surface area contributed by atoms with Crippen molar-refractivity contribution in [3.8, 4) is 17.2 Å². The molecule has 0 aliphatic carbocycles. The van der Waals surface area contributed by atoms with Crippen LogP contribution in [-0.2, 0) is 9.53 Å². The van der Waals surface area contributed by atoms with Crippen molar-refractivity contribution < 1.29 is 28.5 Å². The second kappa shape index (κ2) is 10.8. The van der Waals surface area contributed by atoms with Gasteiger partial charge in [0.25, 0.3) is 5.91 Å². The molecule has 0 aromatic heterocycles. The van der Waals surface area contributed by atoms with Gasteiger partial charge in [0.05, 0.1) is 32.3 Å². The third kappa shape index (κ3) is 5.30. The average Bonchev–Trinajstić information content (AvgIpc) is 2.70. The van der Waals surface area contributed by atoms with Gasteiger partial charge in [0, 0.05) is 18.7 Å². The molecule has 1 aromatic carbocycles. The third-order valence-corrected chi connectivity index (χ3v) is 4.48. The third-order valence-electron chi connectivity index (χ3n) is 4.48. The lowest BCUT2D eigenvalue weighted by Crippen LogP contribution is -2.42. The van der Waals surface area contributed by atoms with E-state index < -0.39 is 0 Å². The Hall–Kier alpha value is -2.44. The summed E-state index contributed by atoms with van der Waals surface area (Å²) < 4.78 is 22.2. The van der Waals surface area contributed by atoms with E-state index in [-0.39, 0.29) is 17.8 Å². The lowest BCUT2D eigenvalue weighted by Gasteiger charge is -2.31. The molecule has 0 N–H and O–H groups in total. The molecule has 1 saturated heterocycles. The number of hydrogen-bond donors (Lipinski definition) is 0. The molecular formula is C21H31NO6. The summed E-state index contributed by atoms with van der Waals surface area (Å²) in [6.45, 7) is 10.1. The maximum absolute atomic E-state index is 13.1. The first kappa shape index (κ1) is 21.9. The largest absolute Gasteiger partial charge is 0.490 e. The SMILES string of the molecule is CCOC(=O)[C@@H]1CCCN(C(=O)c2cc(OCC)c(OCC)c(OCC)c2)C1. The van der Waals surface area contributed by atoms with Crippen molar-refractivity contribution in [1.29, 1.82) is 0 Å². The average molecular weight is 393 g/mol. The lowest BCUT2D eigenvalue weighted by molar-refractivity contribution is -0.149. The highest BCUT2D eigenvalue weighted by Gasteiger charge is 2.30. The molecule has 28 heavy (non-hydrogen) atoms. The lowest BCUT2D eigenvalue weighted by atomic mass is 9.97. The zero-order chi connectivity index (χ0) is 20.5. The van der Waals surface area contributed by atoms with Crippen LogP contribution in [0.5, 0.6) is 17.2 Å². The Morgan fingerprint density at radius 1 is 0.964 bits per heavy atom. The van der Waals surface area contributed by atoms with E-state index in [2.05, 4.69) is 0 Å². The number of nitrogens with zero attached hydrogens (tertiary/aromatic N) is 1. The molecule has 0 radical (unpaired) electrons. The summed E-state index contributed by atoms with van der Waals surface area (Å²) in [5.74, 6) is 0.801. The Labute approximate surface area is 166 Å². The monoisotopic (exact) mass is 393 g/mol. The Balaban J connectivity index is 2.29. The first-order chi connectivity index (χ1) is 13.5. The van der Waals surface area contributed by atoms with Crippen molar-refractivity contribution in [2.75, 3.05) is 39.5 Å². The molecule has 2 rings (SSSR count). The first-order valence-electron chi connectivity index (χ1n) is 10.1. The molecule has 0 saturated carbocycles. The minimum atomic E-state index is -0.280. The van der Waals surface area contributed by atoms with Crippen LogP contribution >= 0.6 is 0 Å². The van der Waals surface area contributed by atoms with Crippen molar-refractivity contribution in [1.82, 2.24) is 4.90 Å². The van der Waals surface area contributed by atoms with Crippen LogP contribution < -0.4 is 14.2 Å². The first-order valence-corrected chi connectivity index (χ1v) is 10.1. The minimum absolute atomic E-state index is 0.154. The Morgan fingerprint density at radius 2 is 1.57 bits per heavy atom. The maximum atomic E-state index is 13.1. The van der Waals surface area contributed by atoms with Gasteiger partial charge in [-0.2, -0.15) is 0 Å². The summed E-state index contributed by atoms with van der Waals surface area (Å²) >= 11 is 0. The Bertz CT molecular complexity index is 648. The van der Waals surface area contributed by atoms with E-state index in [1.165, 1.54) is 0 Å². The molecule has 7 heteroatoms. The van der Waals surface area contributed by atoms with E-state index in [0.29, 0.717) is 62.3 Å². The predicted molar refractivity (Wildman–Crippen MR) is 105 cm³/mol. The van der Waals surface area contributed by atoms with Gasteiger partial charge in [0.1, 0.15) is 0 Å². The Morgan fingerprint density at radius 3 is 2.11 bits per heavy atom. The number of hydrogen-bond acceptors (Lipinski definition) is 6.